The van der Waals surface area contributed by atoms with E-state index in [0.717, 1.165) is 12.0 Å². The molecule has 0 aliphatic heterocycles. The van der Waals surface area contributed by atoms with Gasteiger partial charge in [0.15, 0.2) is 5.56 Å². The Labute approximate surface area is 124 Å². The maximum Gasteiger partial charge on any atom is 0.253 e. The molecule has 2 rings (SSSR count). The fraction of sp³-hybridized carbons (Fsp3) is 0.375. The number of aryl methyl sites for hydroxylation is 1. The number of hydrogen-bond donors (Lipinski definition) is 1. The fourth-order valence-corrected chi connectivity index (χ4v) is 2.09. The summed E-state index contributed by atoms with van der Waals surface area (Å²) in [4.78, 5) is 0. The third-order valence-corrected chi connectivity index (χ3v) is 3.49. The number of nitriles is 1. The van der Waals surface area contributed by atoms with Crippen LogP contribution < -0.4 is 10.5 Å². The molecule has 0 fully saturated rings. The summed E-state index contributed by atoms with van der Waals surface area (Å²) in [6, 6.07) is 10.2. The molecule has 0 amide bonds. The highest BCUT2D eigenvalue weighted by molar-refractivity contribution is 5.55. The Hall–Kier alpha value is -2.48. The monoisotopic (exact) mass is 284 g/mol. The van der Waals surface area contributed by atoms with Crippen LogP contribution in [0.5, 0.6) is 5.88 Å². The van der Waals surface area contributed by atoms with Gasteiger partial charge in [-0.1, -0.05) is 36.8 Å². The molecule has 1 atom stereocenters. The van der Waals surface area contributed by atoms with E-state index in [-0.39, 0.29) is 6.04 Å². The van der Waals surface area contributed by atoms with E-state index in [4.69, 9.17) is 10.5 Å². The first-order valence-electron chi connectivity index (χ1n) is 7.03. The van der Waals surface area contributed by atoms with Gasteiger partial charge in [-0.3, -0.25) is 0 Å². The molecule has 1 unspecified atom stereocenters. The Morgan fingerprint density at radius 2 is 2.24 bits per heavy atom. The molecule has 1 aromatic carbocycles. The van der Waals surface area contributed by atoms with E-state index in [0.29, 0.717) is 23.9 Å². The van der Waals surface area contributed by atoms with Gasteiger partial charge in [0.25, 0.3) is 5.88 Å². The summed E-state index contributed by atoms with van der Waals surface area (Å²) in [6.07, 6.45) is 0.883. The van der Waals surface area contributed by atoms with Gasteiger partial charge < -0.3 is 10.5 Å². The third kappa shape index (κ3) is 3.16. The largest absolute Gasteiger partial charge is 0.471 e. The maximum absolute atomic E-state index is 9.25. The average molecular weight is 284 g/mol. The summed E-state index contributed by atoms with van der Waals surface area (Å²) < 4.78 is 7.35. The highest BCUT2D eigenvalue weighted by Crippen LogP contribution is 2.27. The lowest BCUT2D eigenvalue weighted by Crippen LogP contribution is -2.09. The van der Waals surface area contributed by atoms with E-state index in [1.165, 1.54) is 5.56 Å². The van der Waals surface area contributed by atoms with Crippen LogP contribution in [-0.2, 0) is 6.61 Å². The fourth-order valence-electron chi connectivity index (χ4n) is 2.09. The van der Waals surface area contributed by atoms with Crippen molar-refractivity contribution in [1.82, 2.24) is 9.78 Å². The molecule has 1 aromatic heterocycles. The predicted molar refractivity (Wildman–Crippen MR) is 81.9 cm³/mol. The van der Waals surface area contributed by atoms with Gasteiger partial charge >= 0.3 is 0 Å². The van der Waals surface area contributed by atoms with Crippen LogP contribution in [0.4, 0.5) is 5.82 Å². The van der Waals surface area contributed by atoms with E-state index in [1.807, 2.05) is 45.0 Å². The Bertz CT molecular complexity index is 669. The van der Waals surface area contributed by atoms with E-state index in [1.54, 1.807) is 4.68 Å². The molecular weight excluding hydrogens is 264 g/mol. The van der Waals surface area contributed by atoms with Gasteiger partial charge in [0.1, 0.15) is 18.5 Å². The molecule has 0 spiro atoms. The second-order valence-electron chi connectivity index (χ2n) is 5.16. The summed E-state index contributed by atoms with van der Waals surface area (Å²) in [5, 5.41) is 13.6. The SMILES string of the molecule is CCC(C)n1nc(OCc2cccc(C)c2)c(C#N)c1N. The molecule has 5 heteroatoms. The van der Waals surface area contributed by atoms with Crippen LogP contribution in [0.15, 0.2) is 24.3 Å². The first-order chi connectivity index (χ1) is 10.1. The highest BCUT2D eigenvalue weighted by Gasteiger charge is 2.19. The summed E-state index contributed by atoms with van der Waals surface area (Å²) in [7, 11) is 0. The van der Waals surface area contributed by atoms with Gasteiger partial charge in [0.2, 0.25) is 0 Å². The molecule has 0 bridgehead atoms. The topological polar surface area (TPSA) is 76.9 Å². The first kappa shape index (κ1) is 14.9. The van der Waals surface area contributed by atoms with Crippen molar-refractivity contribution in [2.24, 2.45) is 0 Å². The lowest BCUT2D eigenvalue weighted by atomic mass is 10.1. The van der Waals surface area contributed by atoms with Gasteiger partial charge in [-0.25, -0.2) is 4.68 Å². The van der Waals surface area contributed by atoms with Crippen molar-refractivity contribution in [3.05, 3.63) is 41.0 Å². The number of rotatable bonds is 5. The zero-order valence-electron chi connectivity index (χ0n) is 12.6. The quantitative estimate of drug-likeness (QED) is 0.914. The molecule has 1 heterocycles. The molecule has 2 aromatic rings. The number of ether oxygens (including phenoxy) is 1. The number of hydrogen-bond acceptors (Lipinski definition) is 4. The minimum Gasteiger partial charge on any atom is -0.471 e. The molecule has 5 nitrogen and oxygen atoms in total. The number of anilines is 1. The van der Waals surface area contributed by atoms with Gasteiger partial charge in [-0.05, 0) is 25.8 Å². The summed E-state index contributed by atoms with van der Waals surface area (Å²) >= 11 is 0. The van der Waals surface area contributed by atoms with Gasteiger partial charge in [0.05, 0.1) is 6.04 Å². The molecule has 0 radical (unpaired) electrons. The normalized spacial score (nSPS) is 11.9. The zero-order valence-corrected chi connectivity index (χ0v) is 12.6. The number of nitrogens with two attached hydrogens (primary N) is 1. The van der Waals surface area contributed by atoms with Crippen molar-refractivity contribution >= 4 is 5.82 Å². The van der Waals surface area contributed by atoms with Crippen LogP contribution in [-0.4, -0.2) is 9.78 Å². The van der Waals surface area contributed by atoms with Crippen molar-refractivity contribution in [1.29, 1.82) is 5.26 Å². The van der Waals surface area contributed by atoms with Gasteiger partial charge in [-0.2, -0.15) is 5.26 Å². The number of nitrogens with zero attached hydrogens (tertiary/aromatic N) is 3. The molecule has 0 saturated heterocycles. The van der Waals surface area contributed by atoms with E-state index >= 15 is 0 Å². The first-order valence-corrected chi connectivity index (χ1v) is 7.03. The minimum absolute atomic E-state index is 0.133. The van der Waals surface area contributed by atoms with E-state index in [2.05, 4.69) is 11.2 Å². The smallest absolute Gasteiger partial charge is 0.253 e. The second-order valence-corrected chi connectivity index (χ2v) is 5.16. The number of nitrogen functional groups attached to an aromatic ring is 1. The Kier molecular flexibility index (Phi) is 4.49. The van der Waals surface area contributed by atoms with Gasteiger partial charge in [0, 0.05) is 0 Å². The second kappa shape index (κ2) is 6.31. The summed E-state index contributed by atoms with van der Waals surface area (Å²) in [5.41, 5.74) is 8.50. The molecule has 0 aliphatic carbocycles. The summed E-state index contributed by atoms with van der Waals surface area (Å²) in [5.74, 6) is 0.669. The van der Waals surface area contributed by atoms with Crippen molar-refractivity contribution in [3.8, 4) is 11.9 Å². The van der Waals surface area contributed by atoms with Crippen LogP contribution >= 0.6 is 0 Å². The Morgan fingerprint density at radius 1 is 1.48 bits per heavy atom. The molecule has 0 saturated carbocycles. The van der Waals surface area contributed by atoms with Crippen molar-refractivity contribution in [2.75, 3.05) is 5.73 Å². The standard InChI is InChI=1S/C16H20N4O/c1-4-12(3)20-15(18)14(9-17)16(19-20)21-10-13-7-5-6-11(2)8-13/h5-8,12H,4,10,18H2,1-3H3. The van der Waals surface area contributed by atoms with Crippen molar-refractivity contribution in [2.45, 2.75) is 39.8 Å². The number of benzene rings is 1. The van der Waals surface area contributed by atoms with Crippen LogP contribution in [0.25, 0.3) is 0 Å². The lowest BCUT2D eigenvalue weighted by Gasteiger charge is -2.10. The van der Waals surface area contributed by atoms with Crippen LogP contribution in [0.1, 0.15) is 43.0 Å². The van der Waals surface area contributed by atoms with Crippen LogP contribution in [0.2, 0.25) is 0 Å². The molecule has 0 aliphatic rings. The maximum atomic E-state index is 9.25. The molecule has 110 valence electrons. The summed E-state index contributed by atoms with van der Waals surface area (Å²) in [6.45, 7) is 6.45. The molecule has 2 N–H and O–H groups in total. The minimum atomic E-state index is 0.133. The van der Waals surface area contributed by atoms with Gasteiger partial charge in [-0.15, -0.1) is 5.10 Å². The third-order valence-electron chi connectivity index (χ3n) is 3.49. The molecular formula is C16H20N4O. The van der Waals surface area contributed by atoms with Crippen molar-refractivity contribution < 1.29 is 4.74 Å². The number of aromatic nitrogens is 2. The van der Waals surface area contributed by atoms with Crippen LogP contribution in [0.3, 0.4) is 0 Å². The van der Waals surface area contributed by atoms with E-state index in [9.17, 15) is 5.26 Å². The zero-order chi connectivity index (χ0) is 15.4. The lowest BCUT2D eigenvalue weighted by molar-refractivity contribution is 0.286. The van der Waals surface area contributed by atoms with Crippen LogP contribution in [0, 0.1) is 18.3 Å². The Morgan fingerprint density at radius 3 is 2.86 bits per heavy atom. The van der Waals surface area contributed by atoms with Crippen molar-refractivity contribution in [3.63, 3.8) is 0 Å². The average Bonchev–Trinajstić information content (AvgIpc) is 2.80. The Balaban J connectivity index is 2.22. The predicted octanol–water partition coefficient (Wildman–Crippen LogP) is 3.20. The molecule has 21 heavy (non-hydrogen) atoms. The highest BCUT2D eigenvalue weighted by atomic mass is 16.5. The van der Waals surface area contributed by atoms with E-state index < -0.39 is 0 Å².